The van der Waals surface area contributed by atoms with Crippen LogP contribution in [0, 0.1) is 0 Å². The molecular formula is C31H43N7O2. The van der Waals surface area contributed by atoms with Crippen LogP contribution in [-0.2, 0) is 25.9 Å². The smallest absolute Gasteiger partial charge is 0.332 e. The van der Waals surface area contributed by atoms with Gasteiger partial charge in [0.2, 0.25) is 0 Å². The van der Waals surface area contributed by atoms with Gasteiger partial charge in [-0.25, -0.2) is 9.78 Å². The van der Waals surface area contributed by atoms with Gasteiger partial charge in [0.15, 0.2) is 11.2 Å². The molecule has 40 heavy (non-hydrogen) atoms. The summed E-state index contributed by atoms with van der Waals surface area (Å²) in [5, 5.41) is 0. The molecule has 0 bridgehead atoms. The van der Waals surface area contributed by atoms with Gasteiger partial charge in [0, 0.05) is 25.2 Å². The van der Waals surface area contributed by atoms with Crippen LogP contribution in [0.15, 0.2) is 64.2 Å². The van der Waals surface area contributed by atoms with E-state index in [0.717, 1.165) is 36.6 Å². The van der Waals surface area contributed by atoms with E-state index < -0.39 is 0 Å². The Morgan fingerprint density at radius 3 is 2.20 bits per heavy atom. The van der Waals surface area contributed by atoms with E-state index in [2.05, 4.69) is 47.3 Å². The summed E-state index contributed by atoms with van der Waals surface area (Å²) < 4.78 is 5.18. The van der Waals surface area contributed by atoms with E-state index in [4.69, 9.17) is 10.7 Å². The van der Waals surface area contributed by atoms with Crippen molar-refractivity contribution in [2.75, 3.05) is 39.5 Å². The maximum absolute atomic E-state index is 14.1. The number of imidazole rings is 1. The summed E-state index contributed by atoms with van der Waals surface area (Å²) in [4.78, 5) is 37.4. The summed E-state index contributed by atoms with van der Waals surface area (Å²) >= 11 is 0. The molecule has 0 aliphatic heterocycles. The number of hydrogen-bond donors (Lipinski definition) is 1. The lowest BCUT2D eigenvalue weighted by atomic mass is 10.1. The first-order chi connectivity index (χ1) is 19.2. The van der Waals surface area contributed by atoms with E-state index in [1.54, 1.807) is 4.57 Å². The highest BCUT2D eigenvalue weighted by Gasteiger charge is 2.26. The van der Waals surface area contributed by atoms with Gasteiger partial charge in [-0.3, -0.25) is 18.8 Å². The lowest BCUT2D eigenvalue weighted by molar-refractivity contribution is 0.172. The fraction of sp³-hybridized carbons (Fsp3) is 0.452. The van der Waals surface area contributed by atoms with Crippen LogP contribution in [0.5, 0.6) is 0 Å². The molecule has 0 aliphatic rings. The van der Waals surface area contributed by atoms with E-state index >= 15 is 0 Å². The zero-order valence-electron chi connectivity index (χ0n) is 24.5. The molecule has 214 valence electrons. The average Bonchev–Trinajstić information content (AvgIpc) is 3.31. The summed E-state index contributed by atoms with van der Waals surface area (Å²) in [5.74, 6) is 0.782. The van der Waals surface area contributed by atoms with Crippen LogP contribution in [0.2, 0.25) is 0 Å². The molecule has 9 nitrogen and oxygen atoms in total. The molecule has 0 aliphatic carbocycles. The summed E-state index contributed by atoms with van der Waals surface area (Å²) in [6.45, 7) is 9.56. The van der Waals surface area contributed by atoms with E-state index in [1.807, 2.05) is 56.6 Å². The van der Waals surface area contributed by atoms with Gasteiger partial charge in [-0.2, -0.15) is 0 Å². The second kappa shape index (κ2) is 13.1. The van der Waals surface area contributed by atoms with Crippen molar-refractivity contribution in [1.29, 1.82) is 0 Å². The minimum Gasteiger partial charge on any atom is -0.399 e. The first kappa shape index (κ1) is 29.3. The van der Waals surface area contributed by atoms with Crippen molar-refractivity contribution >= 4 is 16.9 Å². The SMILES string of the molecule is CCN(CC)C(C)n1c(Cc2ccccc2)nc2c1c(=O)n(CCCN(C)C)c(=O)n2CCc1ccc(N)cc1. The molecule has 0 spiro atoms. The van der Waals surface area contributed by atoms with Gasteiger partial charge in [0.1, 0.15) is 5.82 Å². The summed E-state index contributed by atoms with van der Waals surface area (Å²) in [5.41, 5.74) is 9.13. The van der Waals surface area contributed by atoms with Gasteiger partial charge in [0.25, 0.3) is 5.56 Å². The van der Waals surface area contributed by atoms with Gasteiger partial charge in [-0.05, 0) is 76.8 Å². The molecule has 1 unspecified atom stereocenters. The van der Waals surface area contributed by atoms with Gasteiger partial charge in [-0.15, -0.1) is 0 Å². The van der Waals surface area contributed by atoms with Gasteiger partial charge < -0.3 is 15.2 Å². The topological polar surface area (TPSA) is 94.3 Å². The lowest BCUT2D eigenvalue weighted by Gasteiger charge is -2.29. The third kappa shape index (κ3) is 6.37. The molecule has 2 N–H and O–H groups in total. The average molecular weight is 546 g/mol. The van der Waals surface area contributed by atoms with Gasteiger partial charge >= 0.3 is 5.69 Å². The van der Waals surface area contributed by atoms with Crippen molar-refractivity contribution in [1.82, 2.24) is 28.5 Å². The van der Waals surface area contributed by atoms with Crippen molar-refractivity contribution < 1.29 is 0 Å². The molecule has 2 heterocycles. The maximum Gasteiger partial charge on any atom is 0.332 e. The van der Waals surface area contributed by atoms with Crippen molar-refractivity contribution in [2.24, 2.45) is 0 Å². The predicted molar refractivity (Wildman–Crippen MR) is 163 cm³/mol. The molecule has 0 saturated carbocycles. The number of nitrogens with zero attached hydrogens (tertiary/aromatic N) is 6. The lowest BCUT2D eigenvalue weighted by Crippen LogP contribution is -2.42. The standard InChI is InChI=1S/C31H43N7O2/c1-6-35(7-2)23(3)38-27(22-25-12-9-8-10-13-25)33-29-28(38)30(39)37(20-11-19-34(4)5)31(40)36(29)21-18-24-14-16-26(32)17-15-24/h8-10,12-17,23H,6-7,11,18-22,32H2,1-5H3. The normalized spacial score (nSPS) is 12.6. The summed E-state index contributed by atoms with van der Waals surface area (Å²) in [7, 11) is 3.99. The predicted octanol–water partition coefficient (Wildman–Crippen LogP) is 3.59. The number of benzene rings is 2. The largest absolute Gasteiger partial charge is 0.399 e. The van der Waals surface area contributed by atoms with Crippen LogP contribution in [0.3, 0.4) is 0 Å². The third-order valence-corrected chi connectivity index (χ3v) is 7.64. The number of hydrogen-bond acceptors (Lipinski definition) is 6. The molecule has 1 atom stereocenters. The zero-order chi connectivity index (χ0) is 28.8. The Morgan fingerprint density at radius 2 is 1.57 bits per heavy atom. The maximum atomic E-state index is 14.1. The molecule has 4 aromatic rings. The van der Waals surface area contributed by atoms with Crippen molar-refractivity contribution in [2.45, 2.75) is 59.3 Å². The van der Waals surface area contributed by atoms with Crippen LogP contribution in [0.1, 0.15) is 50.3 Å². The van der Waals surface area contributed by atoms with E-state index in [0.29, 0.717) is 49.2 Å². The van der Waals surface area contributed by atoms with Crippen molar-refractivity contribution in [3.05, 3.63) is 92.4 Å². The highest BCUT2D eigenvalue weighted by atomic mass is 16.2. The van der Waals surface area contributed by atoms with Crippen LogP contribution < -0.4 is 17.0 Å². The Balaban J connectivity index is 1.93. The fourth-order valence-corrected chi connectivity index (χ4v) is 5.39. The summed E-state index contributed by atoms with van der Waals surface area (Å²) in [6.07, 6.45) is 1.78. The van der Waals surface area contributed by atoms with E-state index in [-0.39, 0.29) is 17.4 Å². The first-order valence-electron chi connectivity index (χ1n) is 14.3. The Morgan fingerprint density at radius 1 is 0.900 bits per heavy atom. The Labute approximate surface area is 236 Å². The van der Waals surface area contributed by atoms with Crippen LogP contribution in [0.4, 0.5) is 5.69 Å². The molecule has 0 fully saturated rings. The Bertz CT molecular complexity index is 1510. The molecule has 0 amide bonds. The number of rotatable bonds is 13. The van der Waals surface area contributed by atoms with Crippen molar-refractivity contribution in [3.63, 3.8) is 0 Å². The van der Waals surface area contributed by atoms with Gasteiger partial charge in [0.05, 0.1) is 6.17 Å². The number of nitrogen functional groups attached to an aromatic ring is 1. The quantitative estimate of drug-likeness (QED) is 0.258. The number of fused-ring (bicyclic) bond motifs is 1. The van der Waals surface area contributed by atoms with Crippen LogP contribution in [-0.4, -0.2) is 62.2 Å². The number of aryl methyl sites for hydroxylation is 2. The molecule has 4 rings (SSSR count). The van der Waals surface area contributed by atoms with Crippen LogP contribution in [0.25, 0.3) is 11.2 Å². The van der Waals surface area contributed by atoms with Crippen molar-refractivity contribution in [3.8, 4) is 0 Å². The van der Waals surface area contributed by atoms with E-state index in [1.165, 1.54) is 4.57 Å². The molecule has 0 saturated heterocycles. The number of anilines is 1. The minimum atomic E-state index is -0.307. The van der Waals surface area contributed by atoms with Crippen LogP contribution >= 0.6 is 0 Å². The monoisotopic (exact) mass is 545 g/mol. The second-order valence-corrected chi connectivity index (χ2v) is 10.6. The molecule has 2 aromatic heterocycles. The molecule has 9 heteroatoms. The number of nitrogens with two attached hydrogens (primary N) is 1. The Hall–Kier alpha value is -3.69. The minimum absolute atomic E-state index is 0.107. The third-order valence-electron chi connectivity index (χ3n) is 7.64. The fourth-order valence-electron chi connectivity index (χ4n) is 5.39. The highest BCUT2D eigenvalue weighted by Crippen LogP contribution is 2.23. The zero-order valence-corrected chi connectivity index (χ0v) is 24.5. The first-order valence-corrected chi connectivity index (χ1v) is 14.3. The summed E-state index contributed by atoms with van der Waals surface area (Å²) in [6, 6.07) is 17.8. The second-order valence-electron chi connectivity index (χ2n) is 10.6. The highest BCUT2D eigenvalue weighted by molar-refractivity contribution is 5.71. The van der Waals surface area contributed by atoms with Gasteiger partial charge in [-0.1, -0.05) is 56.3 Å². The number of aromatic nitrogens is 4. The molecule has 2 aromatic carbocycles. The molecular weight excluding hydrogens is 502 g/mol. The van der Waals surface area contributed by atoms with E-state index in [9.17, 15) is 9.59 Å². The Kier molecular flexibility index (Phi) is 9.60. The molecule has 0 radical (unpaired) electrons.